The Morgan fingerprint density at radius 1 is 1.23 bits per heavy atom. The summed E-state index contributed by atoms with van der Waals surface area (Å²) in [4.78, 5) is 0. The van der Waals surface area contributed by atoms with Crippen LogP contribution in [0.1, 0.15) is 5.69 Å². The molecule has 3 heteroatoms. The lowest BCUT2D eigenvalue weighted by Crippen LogP contribution is -2.24. The highest BCUT2D eigenvalue weighted by Crippen LogP contribution is 2.15. The van der Waals surface area contributed by atoms with E-state index in [0.717, 1.165) is 11.2 Å². The summed E-state index contributed by atoms with van der Waals surface area (Å²) in [6.07, 6.45) is 0. The summed E-state index contributed by atoms with van der Waals surface area (Å²) in [5, 5.41) is 0.669. The van der Waals surface area contributed by atoms with Gasteiger partial charge in [-0.15, -0.1) is 2.78 Å². The summed E-state index contributed by atoms with van der Waals surface area (Å²) in [6, 6.07) is 8.85. The van der Waals surface area contributed by atoms with Gasteiger partial charge in [-0.25, -0.2) is 4.39 Å². The topological polar surface area (TPSA) is 3.88 Å². The summed E-state index contributed by atoms with van der Waals surface area (Å²) in [5.41, 5.74) is 2.03. The van der Waals surface area contributed by atoms with Gasteiger partial charge in [0.1, 0.15) is 5.82 Å². The molecular weight excluding hydrogens is 280 g/mol. The Hall–Kier alpha value is -0.710. The number of hydrogen-bond acceptors (Lipinski definition) is 0. The van der Waals surface area contributed by atoms with Gasteiger partial charge in [-0.1, -0.05) is 6.07 Å². The molecule has 0 fully saturated rings. The Labute approximate surface area is 89.7 Å². The highest BCUT2D eigenvalue weighted by atomic mass is 127. The van der Waals surface area contributed by atoms with Crippen LogP contribution in [0, 0.1) is 12.7 Å². The molecule has 13 heavy (non-hydrogen) atoms. The van der Waals surface area contributed by atoms with E-state index < -0.39 is 0 Å². The van der Waals surface area contributed by atoms with E-state index >= 15 is 0 Å². The van der Waals surface area contributed by atoms with Gasteiger partial charge < -0.3 is 0 Å². The van der Waals surface area contributed by atoms with Crippen LogP contribution in [0.2, 0.25) is 0 Å². The zero-order valence-electron chi connectivity index (χ0n) is 7.09. The largest absolute Gasteiger partial charge is 0.354 e. The third-order valence-electron chi connectivity index (χ3n) is 2.04. The van der Waals surface area contributed by atoms with Crippen LogP contribution in [0.25, 0.3) is 10.9 Å². The molecule has 0 aliphatic heterocycles. The second-order valence-electron chi connectivity index (χ2n) is 2.93. The first kappa shape index (κ1) is 8.87. The Morgan fingerprint density at radius 2 is 2.00 bits per heavy atom. The van der Waals surface area contributed by atoms with E-state index in [2.05, 4.69) is 22.9 Å². The van der Waals surface area contributed by atoms with Crippen molar-refractivity contribution in [3.05, 3.63) is 41.8 Å². The molecule has 0 aliphatic carbocycles. The van der Waals surface area contributed by atoms with E-state index in [-0.39, 0.29) is 5.82 Å². The number of nitrogens with zero attached hydrogens (tertiary/aromatic N) is 1. The van der Waals surface area contributed by atoms with E-state index in [1.54, 1.807) is 6.07 Å². The molecule has 0 bridgehead atoms. The van der Waals surface area contributed by atoms with Crippen molar-refractivity contribution in [1.29, 1.82) is 0 Å². The quantitative estimate of drug-likeness (QED) is 0.656. The molecule has 0 amide bonds. The monoisotopic (exact) mass is 288 g/mol. The predicted molar refractivity (Wildman–Crippen MR) is 58.3 cm³/mol. The number of aromatic nitrogens is 1. The fourth-order valence-corrected chi connectivity index (χ4v) is 1.90. The molecule has 1 heterocycles. The van der Waals surface area contributed by atoms with Gasteiger partial charge in [0, 0.05) is 19.1 Å². The highest BCUT2D eigenvalue weighted by molar-refractivity contribution is 14.1. The lowest BCUT2D eigenvalue weighted by molar-refractivity contribution is -0.417. The van der Waals surface area contributed by atoms with Crippen molar-refractivity contribution >= 4 is 33.8 Å². The maximum atomic E-state index is 13.3. The van der Waals surface area contributed by atoms with Crippen molar-refractivity contribution in [2.75, 3.05) is 0 Å². The molecule has 0 aliphatic rings. The number of benzene rings is 1. The lowest BCUT2D eigenvalue weighted by Gasteiger charge is -1.97. The van der Waals surface area contributed by atoms with Gasteiger partial charge in [0.05, 0.1) is 5.39 Å². The maximum absolute atomic E-state index is 13.3. The van der Waals surface area contributed by atoms with Crippen LogP contribution in [0.3, 0.4) is 0 Å². The number of rotatable bonds is 0. The molecular formula is C10H8FIN+. The van der Waals surface area contributed by atoms with Crippen LogP contribution in [0.4, 0.5) is 4.39 Å². The van der Waals surface area contributed by atoms with Crippen LogP contribution >= 0.6 is 22.9 Å². The van der Waals surface area contributed by atoms with Gasteiger partial charge in [-0.05, 0) is 12.1 Å². The van der Waals surface area contributed by atoms with Crippen molar-refractivity contribution in [3.63, 3.8) is 0 Å². The van der Waals surface area contributed by atoms with E-state index in [0.29, 0.717) is 5.39 Å². The minimum Gasteiger partial charge on any atom is -0.206 e. The Kier molecular flexibility index (Phi) is 2.19. The van der Waals surface area contributed by atoms with Gasteiger partial charge in [-0.2, -0.15) is 0 Å². The van der Waals surface area contributed by atoms with Crippen molar-refractivity contribution in [2.45, 2.75) is 6.92 Å². The van der Waals surface area contributed by atoms with Gasteiger partial charge in [0.15, 0.2) is 5.69 Å². The highest BCUT2D eigenvalue weighted by Gasteiger charge is 2.11. The van der Waals surface area contributed by atoms with Crippen molar-refractivity contribution in [1.82, 2.24) is 0 Å². The van der Waals surface area contributed by atoms with Crippen LogP contribution in [0.5, 0.6) is 0 Å². The predicted octanol–water partition coefficient (Wildman–Crippen LogP) is 2.77. The fourth-order valence-electron chi connectivity index (χ4n) is 1.32. The van der Waals surface area contributed by atoms with Gasteiger partial charge >= 0.3 is 22.9 Å². The van der Waals surface area contributed by atoms with Crippen molar-refractivity contribution in [2.24, 2.45) is 0 Å². The van der Waals surface area contributed by atoms with Gasteiger partial charge in [0.25, 0.3) is 0 Å². The smallest absolute Gasteiger partial charge is 0.206 e. The average molecular weight is 288 g/mol. The molecule has 66 valence electrons. The molecule has 1 aromatic heterocycles. The number of aryl methyl sites for hydroxylation is 1. The zero-order valence-corrected chi connectivity index (χ0v) is 9.25. The first-order chi connectivity index (χ1) is 6.20. The first-order valence-corrected chi connectivity index (χ1v) is 4.92. The second-order valence-corrected chi connectivity index (χ2v) is 3.89. The molecule has 0 N–H and O–H groups in total. The standard InChI is InChI=1S/C10H8FIN/c1-7-5-6-8-9(11)3-2-4-10(8)13(7)12/h2-6H,1H3/q+1. The summed E-state index contributed by atoms with van der Waals surface area (Å²) >= 11 is 2.17. The van der Waals surface area contributed by atoms with Crippen LogP contribution in [-0.2, 0) is 0 Å². The Balaban J connectivity index is 2.94. The SMILES string of the molecule is Cc1ccc2c(F)cccc2[n+]1I. The van der Waals surface area contributed by atoms with Gasteiger partial charge in [0.2, 0.25) is 5.52 Å². The molecule has 2 aromatic rings. The maximum Gasteiger partial charge on any atom is 0.354 e. The summed E-state index contributed by atoms with van der Waals surface area (Å²) < 4.78 is 15.2. The molecule has 2 rings (SSSR count). The normalized spacial score (nSPS) is 10.7. The molecule has 1 nitrogen and oxygen atoms in total. The van der Waals surface area contributed by atoms with Crippen LogP contribution < -0.4 is 2.78 Å². The first-order valence-electron chi connectivity index (χ1n) is 3.96. The van der Waals surface area contributed by atoms with E-state index in [1.165, 1.54) is 6.07 Å². The van der Waals surface area contributed by atoms with E-state index in [4.69, 9.17) is 0 Å². The van der Waals surface area contributed by atoms with Crippen molar-refractivity contribution < 1.29 is 7.17 Å². The molecule has 0 saturated heterocycles. The molecule has 0 spiro atoms. The van der Waals surface area contributed by atoms with E-state index in [1.807, 2.05) is 27.9 Å². The summed E-state index contributed by atoms with van der Waals surface area (Å²) in [5.74, 6) is -0.164. The third kappa shape index (κ3) is 1.41. The minimum atomic E-state index is -0.164. The third-order valence-corrected chi connectivity index (χ3v) is 3.32. The number of hydrogen-bond donors (Lipinski definition) is 0. The molecule has 0 radical (unpaired) electrons. The average Bonchev–Trinajstić information content (AvgIpc) is 2.12. The minimum absolute atomic E-state index is 0.164. The van der Waals surface area contributed by atoms with Crippen molar-refractivity contribution in [3.8, 4) is 0 Å². The second kappa shape index (κ2) is 3.21. The van der Waals surface area contributed by atoms with Gasteiger partial charge in [-0.3, -0.25) is 0 Å². The molecule has 0 saturated carbocycles. The summed E-state index contributed by atoms with van der Waals surface area (Å²) in [7, 11) is 0. The fraction of sp³-hybridized carbons (Fsp3) is 0.100. The number of fused-ring (bicyclic) bond motifs is 1. The molecule has 0 atom stereocenters. The molecule has 0 unspecified atom stereocenters. The van der Waals surface area contributed by atoms with E-state index in [9.17, 15) is 4.39 Å². The lowest BCUT2D eigenvalue weighted by atomic mass is 10.2. The number of pyridine rings is 1. The van der Waals surface area contributed by atoms with Crippen LogP contribution in [0.15, 0.2) is 30.3 Å². The zero-order chi connectivity index (χ0) is 9.42. The summed E-state index contributed by atoms with van der Waals surface area (Å²) in [6.45, 7) is 2.00. The van der Waals surface area contributed by atoms with Crippen LogP contribution in [-0.4, -0.2) is 0 Å². The Bertz CT molecular complexity index is 468. The molecule has 1 aromatic carbocycles. The Morgan fingerprint density at radius 3 is 2.77 bits per heavy atom. The number of halogens is 2.